The van der Waals surface area contributed by atoms with Gasteiger partial charge >= 0.3 is 6.09 Å². The van der Waals surface area contributed by atoms with Gasteiger partial charge in [-0.15, -0.1) is 0 Å². The van der Waals surface area contributed by atoms with Crippen LogP contribution in [0.2, 0.25) is 0 Å². The second-order valence-corrected chi connectivity index (χ2v) is 8.56. The van der Waals surface area contributed by atoms with Crippen molar-refractivity contribution in [3.63, 3.8) is 0 Å². The maximum Gasteiger partial charge on any atom is 0.411 e. The summed E-state index contributed by atoms with van der Waals surface area (Å²) < 4.78 is 29.3. The average Bonchev–Trinajstić information content (AvgIpc) is 3.26. The van der Waals surface area contributed by atoms with Crippen LogP contribution in [0.4, 0.5) is 14.9 Å². The van der Waals surface area contributed by atoms with Crippen LogP contribution in [0.5, 0.6) is 5.75 Å². The van der Waals surface area contributed by atoms with E-state index in [0.29, 0.717) is 34.7 Å². The number of nitrogens with zero attached hydrogens (tertiary/aromatic N) is 1. The Hall–Kier alpha value is -4.44. The monoisotopic (exact) mass is 521 g/mol. The maximum absolute atomic E-state index is 13.4. The van der Waals surface area contributed by atoms with Crippen LogP contribution in [-0.2, 0) is 20.8 Å². The lowest BCUT2D eigenvalue weighted by molar-refractivity contribution is -0.126. The molecule has 2 atom stereocenters. The van der Waals surface area contributed by atoms with Crippen molar-refractivity contribution in [1.29, 1.82) is 0 Å². The highest BCUT2D eigenvalue weighted by Crippen LogP contribution is 2.34. The lowest BCUT2D eigenvalue weighted by Crippen LogP contribution is -2.47. The molecule has 1 saturated heterocycles. The van der Waals surface area contributed by atoms with Gasteiger partial charge in [-0.1, -0.05) is 36.4 Å². The number of methoxy groups -OCH3 is 2. The molecule has 10 heteroatoms. The summed E-state index contributed by atoms with van der Waals surface area (Å²) in [4.78, 5) is 40.1. The highest BCUT2D eigenvalue weighted by molar-refractivity contribution is 6.06. The Labute approximate surface area is 219 Å². The first kappa shape index (κ1) is 26.6. The third kappa shape index (κ3) is 6.09. The lowest BCUT2D eigenvalue weighted by atomic mass is 10.00. The molecule has 3 aromatic carbocycles. The summed E-state index contributed by atoms with van der Waals surface area (Å²) in [7, 11) is 3.01. The van der Waals surface area contributed by atoms with Crippen molar-refractivity contribution >= 4 is 23.6 Å². The van der Waals surface area contributed by atoms with Crippen LogP contribution in [0.15, 0.2) is 72.8 Å². The molecule has 3 aromatic rings. The molecule has 4 rings (SSSR count). The zero-order valence-electron chi connectivity index (χ0n) is 21.0. The number of benzene rings is 3. The van der Waals surface area contributed by atoms with E-state index in [1.54, 1.807) is 60.7 Å². The van der Waals surface area contributed by atoms with Gasteiger partial charge in [-0.3, -0.25) is 14.5 Å². The van der Waals surface area contributed by atoms with E-state index in [9.17, 15) is 18.8 Å². The van der Waals surface area contributed by atoms with E-state index >= 15 is 0 Å². The Kier molecular flexibility index (Phi) is 8.55. The number of halogens is 1. The Balaban J connectivity index is 1.54. The van der Waals surface area contributed by atoms with Crippen molar-refractivity contribution in [2.45, 2.75) is 18.7 Å². The van der Waals surface area contributed by atoms with Crippen LogP contribution >= 0.6 is 0 Å². The third-order valence-electron chi connectivity index (χ3n) is 6.07. The number of ether oxygens (including phenoxy) is 3. The van der Waals surface area contributed by atoms with E-state index < -0.39 is 30.0 Å². The molecular weight excluding hydrogens is 493 g/mol. The lowest BCUT2D eigenvalue weighted by Gasteiger charge is -2.24. The predicted molar refractivity (Wildman–Crippen MR) is 137 cm³/mol. The van der Waals surface area contributed by atoms with Crippen molar-refractivity contribution in [2.75, 3.05) is 32.7 Å². The predicted octanol–water partition coefficient (Wildman–Crippen LogP) is 3.91. The highest BCUT2D eigenvalue weighted by Gasteiger charge is 2.46. The molecule has 2 N–H and O–H groups in total. The summed E-state index contributed by atoms with van der Waals surface area (Å²) in [5.41, 5.74) is 2.11. The van der Waals surface area contributed by atoms with Crippen molar-refractivity contribution in [1.82, 2.24) is 10.2 Å². The number of hydrogen-bond acceptors (Lipinski definition) is 6. The molecule has 1 aliphatic heterocycles. The number of cyclic esters (lactones) is 1. The first-order chi connectivity index (χ1) is 18.4. The minimum Gasteiger partial charge on any atom is -0.496 e. The van der Waals surface area contributed by atoms with Gasteiger partial charge in [-0.25, -0.2) is 9.18 Å². The minimum atomic E-state index is -0.974. The van der Waals surface area contributed by atoms with Crippen molar-refractivity contribution in [3.8, 4) is 5.75 Å². The van der Waals surface area contributed by atoms with Gasteiger partial charge in [0.15, 0.2) is 12.1 Å². The number of hydrogen-bond donors (Lipinski definition) is 2. The molecule has 0 spiro atoms. The normalized spacial score (nSPS) is 16.6. The van der Waals surface area contributed by atoms with Gasteiger partial charge in [0.25, 0.3) is 5.91 Å². The van der Waals surface area contributed by atoms with Gasteiger partial charge in [-0.2, -0.15) is 0 Å². The standard InChI is InChI=1S/C28H28FN3O6/c1-36-16-15-30-27(34)24-25(38-28(35)32(24)17-18-7-11-20(29)12-8-18)19-9-13-21(14-10-19)31-26(33)22-5-3-4-6-23(22)37-2/h3-14,24-25H,15-17H2,1-2H3,(H,30,34)(H,31,33). The molecule has 0 aromatic heterocycles. The molecule has 9 nitrogen and oxygen atoms in total. The summed E-state index contributed by atoms with van der Waals surface area (Å²) in [6.07, 6.45) is -1.57. The first-order valence-electron chi connectivity index (χ1n) is 11.9. The minimum absolute atomic E-state index is 0.0605. The summed E-state index contributed by atoms with van der Waals surface area (Å²) >= 11 is 0. The van der Waals surface area contributed by atoms with E-state index in [1.807, 2.05) is 0 Å². The second kappa shape index (κ2) is 12.2. The molecule has 3 amide bonds. The molecule has 1 heterocycles. The number of para-hydroxylation sites is 1. The van der Waals surface area contributed by atoms with Crippen molar-refractivity contribution < 1.29 is 33.0 Å². The molecule has 0 radical (unpaired) electrons. The molecular formula is C28H28FN3O6. The third-order valence-corrected chi connectivity index (χ3v) is 6.07. The fraction of sp³-hybridized carbons (Fsp3) is 0.250. The number of nitrogens with one attached hydrogen (secondary N) is 2. The first-order valence-corrected chi connectivity index (χ1v) is 11.9. The van der Waals surface area contributed by atoms with Crippen LogP contribution in [0.25, 0.3) is 0 Å². The Morgan fingerprint density at radius 3 is 2.39 bits per heavy atom. The summed E-state index contributed by atoms with van der Waals surface area (Å²) in [5, 5.41) is 5.58. The smallest absolute Gasteiger partial charge is 0.411 e. The number of anilines is 1. The molecule has 38 heavy (non-hydrogen) atoms. The summed E-state index contributed by atoms with van der Waals surface area (Å²) in [6, 6.07) is 18.3. The number of amides is 3. The van der Waals surface area contributed by atoms with Crippen molar-refractivity contribution in [2.24, 2.45) is 0 Å². The zero-order chi connectivity index (χ0) is 27.1. The molecule has 1 fully saturated rings. The maximum atomic E-state index is 13.4. The van der Waals surface area contributed by atoms with Gasteiger partial charge in [0, 0.05) is 19.3 Å². The van der Waals surface area contributed by atoms with E-state index in [4.69, 9.17) is 14.2 Å². The fourth-order valence-electron chi connectivity index (χ4n) is 4.16. The number of carbonyl (C=O) groups excluding carboxylic acids is 3. The molecule has 1 aliphatic rings. The summed E-state index contributed by atoms with van der Waals surface area (Å²) in [6.45, 7) is 0.618. The van der Waals surface area contributed by atoms with Crippen LogP contribution in [-0.4, -0.2) is 56.2 Å². The van der Waals surface area contributed by atoms with E-state index in [1.165, 1.54) is 31.3 Å². The van der Waals surface area contributed by atoms with Gasteiger partial charge in [0.1, 0.15) is 11.6 Å². The van der Waals surface area contributed by atoms with Crippen LogP contribution in [0, 0.1) is 5.82 Å². The Bertz CT molecular complexity index is 1280. The molecule has 198 valence electrons. The quantitative estimate of drug-likeness (QED) is 0.392. The van der Waals surface area contributed by atoms with Crippen molar-refractivity contribution in [3.05, 3.63) is 95.3 Å². The van der Waals surface area contributed by atoms with E-state index in [0.717, 1.165) is 0 Å². The van der Waals surface area contributed by atoms with Gasteiger partial charge in [-0.05, 0) is 47.5 Å². The molecule has 0 bridgehead atoms. The van der Waals surface area contributed by atoms with Crippen LogP contribution in [0.3, 0.4) is 0 Å². The van der Waals surface area contributed by atoms with Gasteiger partial charge in [0.05, 0.1) is 25.8 Å². The zero-order valence-corrected chi connectivity index (χ0v) is 21.0. The second-order valence-electron chi connectivity index (χ2n) is 8.56. The van der Waals surface area contributed by atoms with E-state index in [-0.39, 0.29) is 19.0 Å². The number of rotatable bonds is 10. The Morgan fingerprint density at radius 1 is 1.00 bits per heavy atom. The van der Waals surface area contributed by atoms with Gasteiger partial charge in [0.2, 0.25) is 5.91 Å². The van der Waals surface area contributed by atoms with Gasteiger partial charge < -0.3 is 24.8 Å². The largest absolute Gasteiger partial charge is 0.496 e. The van der Waals surface area contributed by atoms with E-state index in [2.05, 4.69) is 10.6 Å². The Morgan fingerprint density at radius 2 is 1.71 bits per heavy atom. The SMILES string of the molecule is COCCNC(=O)C1C(c2ccc(NC(=O)c3ccccc3OC)cc2)OC(=O)N1Cc1ccc(F)cc1. The fourth-order valence-corrected chi connectivity index (χ4v) is 4.16. The highest BCUT2D eigenvalue weighted by atomic mass is 19.1. The molecule has 0 aliphatic carbocycles. The summed E-state index contributed by atoms with van der Waals surface area (Å²) in [5.74, 6) is -0.706. The topological polar surface area (TPSA) is 106 Å². The molecule has 0 saturated carbocycles. The van der Waals surface area contributed by atoms with Crippen LogP contribution < -0.4 is 15.4 Å². The molecule has 2 unspecified atom stereocenters. The van der Waals surface area contributed by atoms with Crippen LogP contribution in [0.1, 0.15) is 27.6 Å². The average molecular weight is 522 g/mol. The number of carbonyl (C=O) groups is 3.